The zero-order valence-electron chi connectivity index (χ0n) is 13.6. The monoisotopic (exact) mass is 324 g/mol. The van der Waals surface area contributed by atoms with E-state index < -0.39 is 0 Å². The SMILES string of the molecule is c1ccc2c3c(ccc2c1)OC1CC3c2c(ccc3ccccc23)O1. The molecule has 0 amide bonds. The van der Waals surface area contributed by atoms with Gasteiger partial charge >= 0.3 is 0 Å². The molecule has 0 atom stereocenters. The van der Waals surface area contributed by atoms with Crippen LogP contribution in [-0.4, -0.2) is 6.29 Å². The van der Waals surface area contributed by atoms with Crippen LogP contribution in [0.25, 0.3) is 21.5 Å². The van der Waals surface area contributed by atoms with Gasteiger partial charge in [0.1, 0.15) is 11.5 Å². The smallest absolute Gasteiger partial charge is 0.242 e. The zero-order valence-corrected chi connectivity index (χ0v) is 13.6. The third kappa shape index (κ3) is 1.79. The van der Waals surface area contributed by atoms with Crippen LogP contribution in [-0.2, 0) is 0 Å². The van der Waals surface area contributed by atoms with E-state index in [9.17, 15) is 0 Å². The molecule has 0 aromatic heterocycles. The van der Waals surface area contributed by atoms with Crippen LogP contribution in [0, 0.1) is 0 Å². The Kier molecular flexibility index (Phi) is 2.53. The Labute approximate surface area is 145 Å². The number of rotatable bonds is 0. The highest BCUT2D eigenvalue weighted by Crippen LogP contribution is 2.51. The van der Waals surface area contributed by atoms with Crippen LogP contribution in [0.2, 0.25) is 0 Å². The van der Waals surface area contributed by atoms with Gasteiger partial charge in [-0.25, -0.2) is 0 Å². The average molecular weight is 324 g/mol. The molecule has 2 heterocycles. The molecule has 0 spiro atoms. The van der Waals surface area contributed by atoms with E-state index in [4.69, 9.17) is 9.47 Å². The van der Waals surface area contributed by atoms with Crippen molar-refractivity contribution >= 4 is 21.5 Å². The lowest BCUT2D eigenvalue weighted by Gasteiger charge is -2.39. The lowest BCUT2D eigenvalue weighted by molar-refractivity contribution is -0.0256. The molecule has 2 aliphatic rings. The highest BCUT2D eigenvalue weighted by Gasteiger charge is 2.38. The Hall–Kier alpha value is -3.00. The van der Waals surface area contributed by atoms with E-state index in [0.717, 1.165) is 17.9 Å². The molecule has 2 nitrogen and oxygen atoms in total. The summed E-state index contributed by atoms with van der Waals surface area (Å²) in [5.74, 6) is 2.21. The van der Waals surface area contributed by atoms with Crippen molar-refractivity contribution in [2.45, 2.75) is 18.6 Å². The lowest BCUT2D eigenvalue weighted by Crippen LogP contribution is -2.35. The molecule has 0 saturated heterocycles. The maximum atomic E-state index is 6.16. The molecule has 120 valence electrons. The van der Waals surface area contributed by atoms with Crippen molar-refractivity contribution in [1.29, 1.82) is 0 Å². The molecule has 0 fully saturated rings. The summed E-state index contributed by atoms with van der Waals surface area (Å²) in [6, 6.07) is 25.6. The van der Waals surface area contributed by atoms with Crippen molar-refractivity contribution < 1.29 is 9.47 Å². The van der Waals surface area contributed by atoms with Crippen LogP contribution in [0.4, 0.5) is 0 Å². The summed E-state index contributed by atoms with van der Waals surface area (Å²) in [4.78, 5) is 0. The second-order valence-electron chi connectivity index (χ2n) is 6.85. The minimum absolute atomic E-state index is 0.202. The standard InChI is InChI=1S/C23H16O2/c1-3-7-16-14(5-1)9-11-19-22(16)18-13-21(24-19)25-20-12-10-15-6-2-4-8-17(15)23(18)20/h1-12,18,21H,13H2. The minimum atomic E-state index is -0.202. The number of hydrogen-bond acceptors (Lipinski definition) is 2. The Balaban J connectivity index is 1.72. The molecule has 25 heavy (non-hydrogen) atoms. The molecule has 0 N–H and O–H groups in total. The van der Waals surface area contributed by atoms with Crippen LogP contribution < -0.4 is 9.47 Å². The molecule has 6 rings (SSSR count). The fraction of sp³-hybridized carbons (Fsp3) is 0.130. The van der Waals surface area contributed by atoms with Gasteiger partial charge in [-0.15, -0.1) is 0 Å². The third-order valence-corrected chi connectivity index (χ3v) is 5.50. The van der Waals surface area contributed by atoms with E-state index in [2.05, 4.69) is 72.8 Å². The van der Waals surface area contributed by atoms with E-state index in [-0.39, 0.29) is 6.29 Å². The lowest BCUT2D eigenvalue weighted by atomic mass is 9.79. The van der Waals surface area contributed by atoms with Crippen molar-refractivity contribution in [3.63, 3.8) is 0 Å². The van der Waals surface area contributed by atoms with E-state index in [0.29, 0.717) is 5.92 Å². The topological polar surface area (TPSA) is 18.5 Å². The van der Waals surface area contributed by atoms with E-state index in [1.165, 1.54) is 32.7 Å². The summed E-state index contributed by atoms with van der Waals surface area (Å²) < 4.78 is 12.3. The van der Waals surface area contributed by atoms with Crippen LogP contribution in [0.1, 0.15) is 23.5 Å². The molecular formula is C23H16O2. The molecule has 0 unspecified atom stereocenters. The summed E-state index contributed by atoms with van der Waals surface area (Å²) in [6.45, 7) is 0. The van der Waals surface area contributed by atoms with E-state index in [1.54, 1.807) is 0 Å². The van der Waals surface area contributed by atoms with Gasteiger partial charge in [-0.2, -0.15) is 0 Å². The zero-order chi connectivity index (χ0) is 16.4. The van der Waals surface area contributed by atoms with Crippen molar-refractivity contribution in [1.82, 2.24) is 0 Å². The fourth-order valence-electron chi connectivity index (χ4n) is 4.45. The molecule has 2 heteroatoms. The highest BCUT2D eigenvalue weighted by molar-refractivity contribution is 5.93. The third-order valence-electron chi connectivity index (χ3n) is 5.50. The average Bonchev–Trinajstić information content (AvgIpc) is 2.67. The molecule has 0 aliphatic carbocycles. The van der Waals surface area contributed by atoms with Crippen molar-refractivity contribution in [3.05, 3.63) is 83.9 Å². The molecule has 0 radical (unpaired) electrons. The van der Waals surface area contributed by atoms with Gasteiger partial charge in [0, 0.05) is 23.5 Å². The molecule has 4 aromatic rings. The second-order valence-corrected chi connectivity index (χ2v) is 6.85. The number of benzene rings is 4. The summed E-state index contributed by atoms with van der Waals surface area (Å²) >= 11 is 0. The maximum Gasteiger partial charge on any atom is 0.242 e. The summed E-state index contributed by atoms with van der Waals surface area (Å²) in [7, 11) is 0. The quantitative estimate of drug-likeness (QED) is 0.417. The first-order chi connectivity index (χ1) is 12.4. The van der Waals surface area contributed by atoms with Gasteiger partial charge in [0.15, 0.2) is 0 Å². The second kappa shape index (κ2) is 4.76. The minimum Gasteiger partial charge on any atom is -0.455 e. The van der Waals surface area contributed by atoms with Crippen LogP contribution in [0.3, 0.4) is 0 Å². The molecule has 0 saturated carbocycles. The predicted octanol–water partition coefficient (Wildman–Crippen LogP) is 5.63. The largest absolute Gasteiger partial charge is 0.455 e. The Morgan fingerprint density at radius 3 is 1.68 bits per heavy atom. The molecule has 4 aromatic carbocycles. The predicted molar refractivity (Wildman–Crippen MR) is 99.4 cm³/mol. The number of fused-ring (bicyclic) bond motifs is 10. The Morgan fingerprint density at radius 1 is 0.600 bits per heavy atom. The Morgan fingerprint density at radius 2 is 1.12 bits per heavy atom. The molecule has 2 aliphatic heterocycles. The van der Waals surface area contributed by atoms with Gasteiger partial charge in [-0.05, 0) is 33.7 Å². The van der Waals surface area contributed by atoms with Gasteiger partial charge in [0.05, 0.1) is 0 Å². The van der Waals surface area contributed by atoms with E-state index in [1.807, 2.05) is 0 Å². The van der Waals surface area contributed by atoms with Gasteiger partial charge in [-0.1, -0.05) is 60.7 Å². The first-order valence-electron chi connectivity index (χ1n) is 8.75. The first-order valence-corrected chi connectivity index (χ1v) is 8.75. The normalized spacial score (nSPS) is 20.5. The van der Waals surface area contributed by atoms with Gasteiger partial charge < -0.3 is 9.47 Å². The molecular weight excluding hydrogens is 308 g/mol. The Bertz CT molecular complexity index is 1060. The summed E-state index contributed by atoms with van der Waals surface area (Å²) in [5, 5.41) is 5.08. The molecule has 2 bridgehead atoms. The van der Waals surface area contributed by atoms with Gasteiger partial charge in [-0.3, -0.25) is 0 Å². The summed E-state index contributed by atoms with van der Waals surface area (Å²) in [5.41, 5.74) is 2.60. The summed E-state index contributed by atoms with van der Waals surface area (Å²) in [6.07, 6.45) is 0.662. The van der Waals surface area contributed by atoms with Gasteiger partial charge in [0.25, 0.3) is 0 Å². The number of hydrogen-bond donors (Lipinski definition) is 0. The van der Waals surface area contributed by atoms with E-state index >= 15 is 0 Å². The van der Waals surface area contributed by atoms with Crippen molar-refractivity contribution in [2.75, 3.05) is 0 Å². The van der Waals surface area contributed by atoms with Crippen LogP contribution in [0.15, 0.2) is 72.8 Å². The van der Waals surface area contributed by atoms with Crippen LogP contribution >= 0.6 is 0 Å². The maximum absolute atomic E-state index is 6.16. The van der Waals surface area contributed by atoms with Gasteiger partial charge in [0.2, 0.25) is 6.29 Å². The highest BCUT2D eigenvalue weighted by atomic mass is 16.7. The van der Waals surface area contributed by atoms with Crippen molar-refractivity contribution in [2.24, 2.45) is 0 Å². The van der Waals surface area contributed by atoms with Crippen LogP contribution in [0.5, 0.6) is 11.5 Å². The van der Waals surface area contributed by atoms with Crippen molar-refractivity contribution in [3.8, 4) is 11.5 Å². The number of ether oxygens (including phenoxy) is 2. The fourth-order valence-corrected chi connectivity index (χ4v) is 4.45. The first kappa shape index (κ1) is 13.3.